The summed E-state index contributed by atoms with van der Waals surface area (Å²) >= 11 is 0. The molecule has 0 radical (unpaired) electrons. The van der Waals surface area contributed by atoms with Crippen LogP contribution in [0.15, 0.2) is 91.3 Å². The number of carbonyl (C=O) groups excluding carboxylic acids is 1. The van der Waals surface area contributed by atoms with E-state index in [0.717, 1.165) is 28.4 Å². The summed E-state index contributed by atoms with van der Waals surface area (Å²) in [7, 11) is 0. The zero-order chi connectivity index (χ0) is 24.7. The van der Waals surface area contributed by atoms with E-state index >= 15 is 0 Å². The van der Waals surface area contributed by atoms with Crippen molar-refractivity contribution in [1.29, 1.82) is 0 Å². The van der Waals surface area contributed by atoms with E-state index in [9.17, 15) is 4.79 Å². The van der Waals surface area contributed by atoms with Gasteiger partial charge in [0, 0.05) is 49.7 Å². The van der Waals surface area contributed by atoms with Gasteiger partial charge < -0.3 is 19.5 Å². The normalized spacial score (nSPS) is 15.6. The quantitative estimate of drug-likeness (QED) is 0.425. The summed E-state index contributed by atoms with van der Waals surface area (Å²) in [4.78, 5) is 20.1. The molecule has 1 atom stereocenters. The molecule has 0 saturated heterocycles. The van der Waals surface area contributed by atoms with Crippen molar-refractivity contribution >= 4 is 11.6 Å². The molecule has 2 heterocycles. The van der Waals surface area contributed by atoms with Gasteiger partial charge in [-0.15, -0.1) is 0 Å². The highest BCUT2D eigenvalue weighted by Crippen LogP contribution is 2.26. The summed E-state index contributed by atoms with van der Waals surface area (Å²) in [5, 5.41) is 3.57. The molecule has 0 aliphatic carbocycles. The first kappa shape index (κ1) is 23.7. The molecule has 6 heteroatoms. The smallest absolute Gasteiger partial charge is 0.225 e. The molecule has 1 N–H and O–H groups in total. The van der Waals surface area contributed by atoms with E-state index in [-0.39, 0.29) is 11.9 Å². The monoisotopic (exact) mass is 480 g/mol. The Bertz CT molecular complexity index is 1300. The molecular formula is C30H32N4O2. The minimum Gasteiger partial charge on any atom is -0.491 e. The van der Waals surface area contributed by atoms with Crippen molar-refractivity contribution in [1.82, 2.24) is 14.5 Å². The summed E-state index contributed by atoms with van der Waals surface area (Å²) in [5.74, 6) is 1.87. The van der Waals surface area contributed by atoms with Crippen molar-refractivity contribution in [2.45, 2.75) is 45.4 Å². The van der Waals surface area contributed by atoms with Gasteiger partial charge in [-0.1, -0.05) is 66.7 Å². The Labute approximate surface area is 212 Å². The van der Waals surface area contributed by atoms with Crippen LogP contribution in [0, 0.1) is 6.92 Å². The Kier molecular flexibility index (Phi) is 7.31. The maximum atomic E-state index is 13.8. The molecule has 0 saturated carbocycles. The van der Waals surface area contributed by atoms with Crippen LogP contribution in [0.1, 0.15) is 28.9 Å². The van der Waals surface area contributed by atoms with E-state index in [0.29, 0.717) is 39.1 Å². The lowest BCUT2D eigenvalue weighted by atomic mass is 10.0. The predicted octanol–water partition coefficient (Wildman–Crippen LogP) is 5.23. The molecule has 5 rings (SSSR count). The number of aryl methyl sites for hydroxylation is 2. The summed E-state index contributed by atoms with van der Waals surface area (Å²) in [5.41, 5.74) is 4.42. The van der Waals surface area contributed by atoms with Crippen molar-refractivity contribution in [2.24, 2.45) is 0 Å². The van der Waals surface area contributed by atoms with Gasteiger partial charge in [0.2, 0.25) is 5.91 Å². The summed E-state index contributed by atoms with van der Waals surface area (Å²) < 4.78 is 8.43. The summed E-state index contributed by atoms with van der Waals surface area (Å²) in [6, 6.07) is 26.6. The molecule has 1 aliphatic heterocycles. The summed E-state index contributed by atoms with van der Waals surface area (Å²) in [6.45, 7) is 4.16. The number of hydrogen-bond acceptors (Lipinski definition) is 4. The molecule has 6 nitrogen and oxygen atoms in total. The second-order valence-corrected chi connectivity index (χ2v) is 9.21. The van der Waals surface area contributed by atoms with Crippen molar-refractivity contribution < 1.29 is 9.53 Å². The first-order valence-corrected chi connectivity index (χ1v) is 12.5. The van der Waals surface area contributed by atoms with E-state index in [1.807, 2.05) is 71.1 Å². The number of ether oxygens (including phenoxy) is 1. The minimum absolute atomic E-state index is 0.106. The van der Waals surface area contributed by atoms with E-state index < -0.39 is 0 Å². The fourth-order valence-electron chi connectivity index (χ4n) is 4.75. The lowest BCUT2D eigenvalue weighted by Crippen LogP contribution is -2.45. The van der Waals surface area contributed by atoms with E-state index in [4.69, 9.17) is 4.74 Å². The first-order chi connectivity index (χ1) is 17.7. The predicted molar refractivity (Wildman–Crippen MR) is 142 cm³/mol. The highest BCUT2D eigenvalue weighted by Gasteiger charge is 2.27. The second kappa shape index (κ2) is 11.1. The number of rotatable bonds is 5. The third kappa shape index (κ3) is 5.60. The molecule has 0 fully saturated rings. The van der Waals surface area contributed by atoms with Gasteiger partial charge >= 0.3 is 0 Å². The molecule has 0 unspecified atom stereocenters. The standard InChI is InChI=1S/C30H32N4O2/c1-23-31-16-18-33(23)17-15-30(35)34-21-26-12-5-7-13-28(26)32-20-25-11-6-8-14-29(25)36-22-27(34)19-24-9-3-2-4-10-24/h2-14,16,18,27,32H,15,17,19-22H2,1H3/t27-/m0/s1. The van der Waals surface area contributed by atoms with Crippen LogP contribution >= 0.6 is 0 Å². The van der Waals surface area contributed by atoms with Gasteiger partial charge in [-0.2, -0.15) is 0 Å². The zero-order valence-electron chi connectivity index (χ0n) is 20.6. The minimum atomic E-state index is -0.122. The van der Waals surface area contributed by atoms with Crippen LogP contribution < -0.4 is 10.1 Å². The molecule has 0 spiro atoms. The third-order valence-electron chi connectivity index (χ3n) is 6.80. The zero-order valence-corrected chi connectivity index (χ0v) is 20.6. The lowest BCUT2D eigenvalue weighted by molar-refractivity contribution is -0.135. The van der Waals surface area contributed by atoms with Crippen molar-refractivity contribution in [2.75, 3.05) is 11.9 Å². The Balaban J connectivity index is 1.50. The van der Waals surface area contributed by atoms with E-state index in [2.05, 4.69) is 40.6 Å². The van der Waals surface area contributed by atoms with Crippen LogP contribution in [-0.2, 0) is 30.8 Å². The van der Waals surface area contributed by atoms with E-state index in [1.54, 1.807) is 6.20 Å². The second-order valence-electron chi connectivity index (χ2n) is 9.21. The molecule has 184 valence electrons. The molecule has 36 heavy (non-hydrogen) atoms. The number of hydrogen-bond donors (Lipinski definition) is 1. The van der Waals surface area contributed by atoms with Gasteiger partial charge in [-0.05, 0) is 36.6 Å². The van der Waals surface area contributed by atoms with Crippen molar-refractivity contribution in [3.8, 4) is 5.75 Å². The van der Waals surface area contributed by atoms with Crippen molar-refractivity contribution in [3.05, 3.63) is 114 Å². The fourth-order valence-corrected chi connectivity index (χ4v) is 4.75. The van der Waals surface area contributed by atoms with Gasteiger partial charge in [0.05, 0.1) is 6.04 Å². The van der Waals surface area contributed by atoms with Crippen LogP contribution in [0.4, 0.5) is 5.69 Å². The first-order valence-electron chi connectivity index (χ1n) is 12.5. The Morgan fingerprint density at radius 3 is 2.56 bits per heavy atom. The average Bonchev–Trinajstić information content (AvgIpc) is 3.32. The SMILES string of the molecule is Cc1nccn1CCC(=O)N1Cc2ccccc2NCc2ccccc2OC[C@@H]1Cc1ccccc1. The number of aromatic nitrogens is 2. The number of nitrogens with one attached hydrogen (secondary N) is 1. The largest absolute Gasteiger partial charge is 0.491 e. The van der Waals surface area contributed by atoms with Gasteiger partial charge in [-0.3, -0.25) is 4.79 Å². The van der Waals surface area contributed by atoms with Gasteiger partial charge in [-0.25, -0.2) is 4.98 Å². The number of anilines is 1. The lowest BCUT2D eigenvalue weighted by Gasteiger charge is -2.33. The highest BCUT2D eigenvalue weighted by molar-refractivity contribution is 5.77. The van der Waals surface area contributed by atoms with E-state index in [1.165, 1.54) is 5.56 Å². The van der Waals surface area contributed by atoms with Crippen LogP contribution in [-0.4, -0.2) is 33.0 Å². The van der Waals surface area contributed by atoms with Crippen LogP contribution in [0.25, 0.3) is 0 Å². The van der Waals surface area contributed by atoms with Crippen LogP contribution in [0.2, 0.25) is 0 Å². The average molecular weight is 481 g/mol. The maximum Gasteiger partial charge on any atom is 0.225 e. The number of imidazole rings is 1. The molecule has 3 aromatic carbocycles. The molecule has 1 aromatic heterocycles. The number of fused-ring (bicyclic) bond motifs is 2. The number of amides is 1. The Morgan fingerprint density at radius 1 is 1.00 bits per heavy atom. The number of para-hydroxylation sites is 2. The topological polar surface area (TPSA) is 59.4 Å². The maximum absolute atomic E-state index is 13.8. The summed E-state index contributed by atoms with van der Waals surface area (Å²) in [6.07, 6.45) is 4.82. The van der Waals surface area contributed by atoms with Crippen LogP contribution in [0.3, 0.4) is 0 Å². The van der Waals surface area contributed by atoms with Gasteiger partial charge in [0.25, 0.3) is 0 Å². The number of benzene rings is 3. The van der Waals surface area contributed by atoms with Crippen molar-refractivity contribution in [3.63, 3.8) is 0 Å². The molecule has 4 aromatic rings. The third-order valence-corrected chi connectivity index (χ3v) is 6.80. The number of nitrogens with zero attached hydrogens (tertiary/aromatic N) is 3. The highest BCUT2D eigenvalue weighted by atomic mass is 16.5. The molecule has 0 bridgehead atoms. The van der Waals surface area contributed by atoms with Gasteiger partial charge in [0.15, 0.2) is 0 Å². The Hall–Kier alpha value is -4.06. The van der Waals surface area contributed by atoms with Crippen LogP contribution in [0.5, 0.6) is 5.75 Å². The fraction of sp³-hybridized carbons (Fsp3) is 0.267. The molecular weight excluding hydrogens is 448 g/mol. The number of carbonyl (C=O) groups is 1. The van der Waals surface area contributed by atoms with Gasteiger partial charge in [0.1, 0.15) is 18.2 Å². The molecule has 1 aliphatic rings. The molecule has 1 amide bonds. The Morgan fingerprint density at radius 2 is 1.75 bits per heavy atom.